The molecule has 1 unspecified atom stereocenters. The van der Waals surface area contributed by atoms with Crippen LogP contribution in [0.15, 0.2) is 34.9 Å². The van der Waals surface area contributed by atoms with E-state index < -0.39 is 29.2 Å². The van der Waals surface area contributed by atoms with Crippen molar-refractivity contribution in [2.45, 2.75) is 12.5 Å². The Morgan fingerprint density at radius 2 is 2.00 bits per heavy atom. The molecular formula is C18H16BrF2N3O4. The molecule has 2 heterocycles. The molecule has 1 aromatic heterocycles. The van der Waals surface area contributed by atoms with E-state index in [-0.39, 0.29) is 24.5 Å². The highest BCUT2D eigenvalue weighted by Crippen LogP contribution is 2.42. The van der Waals surface area contributed by atoms with E-state index in [0.717, 1.165) is 12.1 Å². The molecule has 0 saturated heterocycles. The Hall–Kier alpha value is -2.75. The quantitative estimate of drug-likeness (QED) is 0.765. The van der Waals surface area contributed by atoms with Crippen molar-refractivity contribution in [3.05, 3.63) is 52.1 Å². The van der Waals surface area contributed by atoms with Gasteiger partial charge in [0.2, 0.25) is 11.5 Å². The first kappa shape index (κ1) is 20.0. The third-order valence-corrected chi connectivity index (χ3v) is 4.68. The molecule has 10 heteroatoms. The maximum atomic E-state index is 13.8. The minimum Gasteiger partial charge on any atom is -0.455 e. The molecule has 1 atom stereocenters. The molecule has 1 aliphatic rings. The molecule has 0 spiro atoms. The lowest BCUT2D eigenvalue weighted by molar-refractivity contribution is -0.135. The number of halogens is 3. The molecule has 0 saturated carbocycles. The van der Waals surface area contributed by atoms with Crippen molar-refractivity contribution in [2.24, 2.45) is 0 Å². The van der Waals surface area contributed by atoms with E-state index in [4.69, 9.17) is 4.74 Å². The Bertz CT molecular complexity index is 923. The number of alkyl carbamates (subject to hydrolysis) is 1. The van der Waals surface area contributed by atoms with Crippen LogP contribution in [0, 0.1) is 11.6 Å². The number of fused-ring (bicyclic) bond motifs is 1. The zero-order valence-electron chi connectivity index (χ0n) is 15.0. The van der Waals surface area contributed by atoms with E-state index in [9.17, 15) is 18.4 Å². The lowest BCUT2D eigenvalue weighted by Gasteiger charge is -2.40. The van der Waals surface area contributed by atoms with E-state index in [0.29, 0.717) is 16.2 Å². The van der Waals surface area contributed by atoms with Gasteiger partial charge in [0, 0.05) is 35.4 Å². The average Bonchev–Trinajstić information content (AvgIpc) is 2.64. The van der Waals surface area contributed by atoms with Crippen molar-refractivity contribution in [1.82, 2.24) is 10.3 Å². The summed E-state index contributed by atoms with van der Waals surface area (Å²) in [6, 6.07) is 4.41. The van der Waals surface area contributed by atoms with Crippen LogP contribution in [0.2, 0.25) is 0 Å². The van der Waals surface area contributed by atoms with E-state index in [1.807, 2.05) is 0 Å². The number of amides is 2. The summed E-state index contributed by atoms with van der Waals surface area (Å²) in [7, 11) is 1.22. The number of nitrogens with one attached hydrogen (secondary N) is 1. The second-order valence-electron chi connectivity index (χ2n) is 6.15. The van der Waals surface area contributed by atoms with Crippen LogP contribution < -0.4 is 15.0 Å². The molecular weight excluding hydrogens is 440 g/mol. The van der Waals surface area contributed by atoms with Gasteiger partial charge < -0.3 is 19.7 Å². The highest BCUT2D eigenvalue weighted by Gasteiger charge is 2.47. The Labute approximate surface area is 167 Å². The Balaban J connectivity index is 2.01. The van der Waals surface area contributed by atoms with E-state index in [2.05, 4.69) is 31.0 Å². The molecule has 148 valence electrons. The highest BCUT2D eigenvalue weighted by atomic mass is 79.9. The number of aromatic nitrogens is 1. The first-order valence-corrected chi connectivity index (χ1v) is 8.99. The van der Waals surface area contributed by atoms with Gasteiger partial charge in [-0.05, 0) is 41.1 Å². The number of benzene rings is 1. The smallest absolute Gasteiger partial charge is 0.406 e. The number of ether oxygens (including phenoxy) is 2. The molecule has 2 amide bonds. The number of hydrogen-bond acceptors (Lipinski definition) is 5. The third kappa shape index (κ3) is 3.77. The second kappa shape index (κ2) is 7.70. The van der Waals surface area contributed by atoms with Gasteiger partial charge >= 0.3 is 6.09 Å². The summed E-state index contributed by atoms with van der Waals surface area (Å²) >= 11 is 3.29. The van der Waals surface area contributed by atoms with Crippen LogP contribution in [0.3, 0.4) is 0 Å². The van der Waals surface area contributed by atoms with Gasteiger partial charge in [-0.1, -0.05) is 0 Å². The van der Waals surface area contributed by atoms with Gasteiger partial charge in [-0.2, -0.15) is 0 Å². The first-order valence-electron chi connectivity index (χ1n) is 8.19. The molecule has 28 heavy (non-hydrogen) atoms. The minimum absolute atomic E-state index is 0.0105. The molecule has 1 aliphatic heterocycles. The maximum Gasteiger partial charge on any atom is 0.406 e. The number of nitrogens with zero attached hydrogens (tertiary/aromatic N) is 2. The number of pyridine rings is 1. The molecule has 0 radical (unpaired) electrons. The normalized spacial score (nSPS) is 18.3. The molecule has 0 bridgehead atoms. The second-order valence-corrected chi connectivity index (χ2v) is 7.06. The number of rotatable bonds is 4. The number of anilines is 1. The van der Waals surface area contributed by atoms with Crippen molar-refractivity contribution in [2.75, 3.05) is 25.1 Å². The van der Waals surface area contributed by atoms with Crippen molar-refractivity contribution < 1.29 is 27.8 Å². The maximum absolute atomic E-state index is 13.8. The highest BCUT2D eigenvalue weighted by molar-refractivity contribution is 9.10. The van der Waals surface area contributed by atoms with Gasteiger partial charge in [0.1, 0.15) is 17.3 Å². The van der Waals surface area contributed by atoms with E-state index >= 15 is 0 Å². The summed E-state index contributed by atoms with van der Waals surface area (Å²) in [6.07, 6.45) is 0.829. The van der Waals surface area contributed by atoms with Crippen molar-refractivity contribution in [3.8, 4) is 5.88 Å². The average molecular weight is 456 g/mol. The summed E-state index contributed by atoms with van der Waals surface area (Å²) in [6.45, 7) is 1.56. The summed E-state index contributed by atoms with van der Waals surface area (Å²) in [5, 5.41) is 2.48. The van der Waals surface area contributed by atoms with Gasteiger partial charge in [0.25, 0.3) is 5.91 Å². The molecule has 3 rings (SSSR count). The molecule has 0 fully saturated rings. The summed E-state index contributed by atoms with van der Waals surface area (Å²) in [4.78, 5) is 30.1. The predicted octanol–water partition coefficient (Wildman–Crippen LogP) is 3.12. The molecule has 1 aromatic carbocycles. The Kier molecular flexibility index (Phi) is 5.50. The molecule has 1 N–H and O–H groups in total. The summed E-state index contributed by atoms with van der Waals surface area (Å²) in [5.74, 6) is -2.10. The summed E-state index contributed by atoms with van der Waals surface area (Å²) in [5.41, 5.74) is -1.33. The zero-order chi connectivity index (χ0) is 20.5. The largest absolute Gasteiger partial charge is 0.455 e. The van der Waals surface area contributed by atoms with Crippen molar-refractivity contribution in [1.29, 1.82) is 0 Å². The van der Waals surface area contributed by atoms with E-state index in [1.54, 1.807) is 6.07 Å². The first-order chi connectivity index (χ1) is 13.2. The molecule has 7 nitrogen and oxygen atoms in total. The number of carbonyl (C=O) groups excluding carboxylic acids is 2. The van der Waals surface area contributed by atoms with Crippen LogP contribution in [-0.4, -0.2) is 37.2 Å². The molecule has 2 aromatic rings. The van der Waals surface area contributed by atoms with Gasteiger partial charge in [-0.15, -0.1) is 0 Å². The Morgan fingerprint density at radius 1 is 1.32 bits per heavy atom. The monoisotopic (exact) mass is 455 g/mol. The lowest BCUT2D eigenvalue weighted by atomic mass is 9.92. The number of hydrogen-bond donors (Lipinski definition) is 1. The van der Waals surface area contributed by atoms with Gasteiger partial charge in [-0.25, -0.2) is 18.6 Å². The fourth-order valence-electron chi connectivity index (χ4n) is 2.87. The standard InChI is InChI=1S/C18H16BrF2N3O4/c1-18(10-5-12(20)8-13(21)6-10)16(25)24(4-3-22-17(26)27-2)14-7-11(19)9-23-15(14)28-18/h5-9H,3-4H2,1-2H3,(H,22,26). The van der Waals surface area contributed by atoms with Gasteiger partial charge in [0.15, 0.2) is 0 Å². The number of methoxy groups -OCH3 is 1. The molecule has 0 aliphatic carbocycles. The summed E-state index contributed by atoms with van der Waals surface area (Å²) < 4.78 is 38.4. The van der Waals surface area contributed by atoms with Crippen LogP contribution in [0.1, 0.15) is 12.5 Å². The zero-order valence-corrected chi connectivity index (χ0v) is 16.5. The van der Waals surface area contributed by atoms with Crippen LogP contribution >= 0.6 is 15.9 Å². The topological polar surface area (TPSA) is 80.8 Å². The fourth-order valence-corrected chi connectivity index (χ4v) is 3.19. The van der Waals surface area contributed by atoms with Gasteiger partial charge in [-0.3, -0.25) is 4.79 Å². The minimum atomic E-state index is -1.71. The van der Waals surface area contributed by atoms with Crippen LogP contribution in [-0.2, 0) is 15.1 Å². The van der Waals surface area contributed by atoms with Crippen LogP contribution in [0.4, 0.5) is 19.3 Å². The Morgan fingerprint density at radius 3 is 2.64 bits per heavy atom. The lowest BCUT2D eigenvalue weighted by Crippen LogP contribution is -2.54. The SMILES string of the molecule is COC(=O)NCCN1C(=O)C(C)(c2cc(F)cc(F)c2)Oc2ncc(Br)cc21. The third-order valence-electron chi connectivity index (χ3n) is 4.25. The van der Waals surface area contributed by atoms with Crippen LogP contribution in [0.5, 0.6) is 5.88 Å². The van der Waals surface area contributed by atoms with Gasteiger partial charge in [0.05, 0.1) is 7.11 Å². The fraction of sp³-hybridized carbons (Fsp3) is 0.278. The van der Waals surface area contributed by atoms with Crippen molar-refractivity contribution in [3.63, 3.8) is 0 Å². The van der Waals surface area contributed by atoms with Crippen molar-refractivity contribution >= 4 is 33.6 Å². The predicted molar refractivity (Wildman–Crippen MR) is 99.0 cm³/mol. The van der Waals surface area contributed by atoms with E-state index in [1.165, 1.54) is 25.1 Å². The number of carbonyl (C=O) groups is 2. The van der Waals surface area contributed by atoms with Crippen LogP contribution in [0.25, 0.3) is 0 Å².